The number of hydrogen-bond acceptors (Lipinski definition) is 4. The van der Waals surface area contributed by atoms with Crippen molar-refractivity contribution in [2.24, 2.45) is 7.05 Å². The Balaban J connectivity index is 2.31. The van der Waals surface area contributed by atoms with Crippen LogP contribution in [0.25, 0.3) is 0 Å². The minimum absolute atomic E-state index is 0.180. The SMILES string of the molecule is CC[C@](C)(O)CN(Cc1ccccc1)C(=O)c1ccc(=O)n(C)n1. The number of nitrogens with zero attached hydrogens (tertiary/aromatic N) is 3. The minimum Gasteiger partial charge on any atom is -0.388 e. The Morgan fingerprint density at radius 2 is 1.92 bits per heavy atom. The summed E-state index contributed by atoms with van der Waals surface area (Å²) in [7, 11) is 1.50. The van der Waals surface area contributed by atoms with Gasteiger partial charge in [-0.25, -0.2) is 4.68 Å². The van der Waals surface area contributed by atoms with E-state index in [0.29, 0.717) is 13.0 Å². The molecule has 1 aromatic heterocycles. The van der Waals surface area contributed by atoms with Gasteiger partial charge in [0.2, 0.25) is 0 Å². The molecule has 0 saturated carbocycles. The lowest BCUT2D eigenvalue weighted by atomic mass is 10.0. The molecule has 0 aliphatic carbocycles. The molecular formula is C18H23N3O3. The second kappa shape index (κ2) is 7.40. The van der Waals surface area contributed by atoms with Gasteiger partial charge in [-0.1, -0.05) is 37.3 Å². The van der Waals surface area contributed by atoms with Gasteiger partial charge in [0, 0.05) is 26.2 Å². The number of aromatic nitrogens is 2. The standard InChI is InChI=1S/C18H23N3O3/c1-4-18(2,24)13-21(12-14-8-6-5-7-9-14)17(23)15-10-11-16(22)20(3)19-15/h5-11,24H,4,12-13H2,1-3H3/t18-/m0/s1. The van der Waals surface area contributed by atoms with Crippen molar-refractivity contribution in [2.75, 3.05) is 6.54 Å². The number of amides is 1. The van der Waals surface area contributed by atoms with Gasteiger partial charge in [0.15, 0.2) is 0 Å². The highest BCUT2D eigenvalue weighted by Gasteiger charge is 2.27. The van der Waals surface area contributed by atoms with Gasteiger partial charge in [-0.2, -0.15) is 5.10 Å². The summed E-state index contributed by atoms with van der Waals surface area (Å²) in [6.45, 7) is 4.12. The second-order valence-electron chi connectivity index (χ2n) is 6.18. The van der Waals surface area contributed by atoms with Gasteiger partial charge in [-0.15, -0.1) is 0 Å². The largest absolute Gasteiger partial charge is 0.388 e. The molecule has 1 atom stereocenters. The Kier molecular flexibility index (Phi) is 5.51. The van der Waals surface area contributed by atoms with Gasteiger partial charge in [-0.3, -0.25) is 9.59 Å². The summed E-state index contributed by atoms with van der Waals surface area (Å²) in [5.41, 5.74) is -0.130. The van der Waals surface area contributed by atoms with Gasteiger partial charge in [0.05, 0.1) is 5.60 Å². The highest BCUT2D eigenvalue weighted by molar-refractivity contribution is 5.92. The van der Waals surface area contributed by atoms with E-state index in [1.165, 1.54) is 19.2 Å². The average Bonchev–Trinajstić information content (AvgIpc) is 2.57. The molecular weight excluding hydrogens is 306 g/mol. The lowest BCUT2D eigenvalue weighted by Gasteiger charge is -2.31. The Labute approximate surface area is 141 Å². The third-order valence-electron chi connectivity index (χ3n) is 3.98. The first-order valence-electron chi connectivity index (χ1n) is 7.92. The fourth-order valence-corrected chi connectivity index (χ4v) is 2.30. The van der Waals surface area contributed by atoms with Crippen molar-refractivity contribution >= 4 is 5.91 Å². The fourth-order valence-electron chi connectivity index (χ4n) is 2.30. The van der Waals surface area contributed by atoms with Crippen LogP contribution in [0.1, 0.15) is 36.3 Å². The Bertz CT molecular complexity index is 754. The molecule has 1 aromatic carbocycles. The maximum Gasteiger partial charge on any atom is 0.274 e. The van der Waals surface area contributed by atoms with Crippen LogP contribution in [0.4, 0.5) is 0 Å². The summed E-state index contributed by atoms with van der Waals surface area (Å²) < 4.78 is 1.13. The molecule has 0 spiro atoms. The minimum atomic E-state index is -0.995. The van der Waals surface area contributed by atoms with E-state index >= 15 is 0 Å². The number of hydrogen-bond donors (Lipinski definition) is 1. The van der Waals surface area contributed by atoms with Gasteiger partial charge >= 0.3 is 0 Å². The number of aliphatic hydroxyl groups is 1. The normalized spacial score (nSPS) is 13.3. The molecule has 0 fully saturated rings. The number of rotatable bonds is 6. The Morgan fingerprint density at radius 3 is 2.50 bits per heavy atom. The highest BCUT2D eigenvalue weighted by Crippen LogP contribution is 2.16. The van der Waals surface area contributed by atoms with E-state index in [2.05, 4.69) is 5.10 Å². The van der Waals surface area contributed by atoms with Crippen LogP contribution in [0.2, 0.25) is 0 Å². The zero-order chi connectivity index (χ0) is 17.7. The molecule has 0 aliphatic rings. The molecule has 0 aliphatic heterocycles. The molecule has 0 unspecified atom stereocenters. The van der Waals surface area contributed by atoms with Crippen molar-refractivity contribution in [1.82, 2.24) is 14.7 Å². The average molecular weight is 329 g/mol. The van der Waals surface area contributed by atoms with Crippen molar-refractivity contribution in [3.05, 3.63) is 64.1 Å². The lowest BCUT2D eigenvalue weighted by Crippen LogP contribution is -2.43. The van der Waals surface area contributed by atoms with Gasteiger partial charge in [-0.05, 0) is 25.0 Å². The van der Waals surface area contributed by atoms with E-state index < -0.39 is 5.60 Å². The first-order chi connectivity index (χ1) is 11.3. The zero-order valence-electron chi connectivity index (χ0n) is 14.3. The molecule has 0 radical (unpaired) electrons. The van der Waals surface area contributed by atoms with E-state index in [9.17, 15) is 14.7 Å². The molecule has 128 valence electrons. The Morgan fingerprint density at radius 1 is 1.25 bits per heavy atom. The first kappa shape index (κ1) is 17.9. The zero-order valence-corrected chi connectivity index (χ0v) is 14.3. The van der Waals surface area contributed by atoms with Gasteiger partial charge in [0.1, 0.15) is 5.69 Å². The van der Waals surface area contributed by atoms with E-state index in [4.69, 9.17) is 0 Å². The van der Waals surface area contributed by atoms with Crippen molar-refractivity contribution in [3.8, 4) is 0 Å². The summed E-state index contributed by atoms with van der Waals surface area (Å²) >= 11 is 0. The van der Waals surface area contributed by atoms with Crippen LogP contribution in [-0.2, 0) is 13.6 Å². The number of benzene rings is 1. The van der Waals surface area contributed by atoms with Crippen LogP contribution < -0.4 is 5.56 Å². The van der Waals surface area contributed by atoms with Crippen LogP contribution in [0.15, 0.2) is 47.3 Å². The molecule has 1 N–H and O–H groups in total. The quantitative estimate of drug-likeness (QED) is 0.873. The molecule has 6 heteroatoms. The molecule has 0 saturated heterocycles. The number of carbonyl (C=O) groups excluding carboxylic acids is 1. The topological polar surface area (TPSA) is 75.4 Å². The van der Waals surface area contributed by atoms with Crippen molar-refractivity contribution in [1.29, 1.82) is 0 Å². The fraction of sp³-hybridized carbons (Fsp3) is 0.389. The van der Waals surface area contributed by atoms with E-state index in [1.54, 1.807) is 11.8 Å². The summed E-state index contributed by atoms with van der Waals surface area (Å²) in [5, 5.41) is 14.4. The van der Waals surface area contributed by atoms with Crippen molar-refractivity contribution in [2.45, 2.75) is 32.4 Å². The summed E-state index contributed by atoms with van der Waals surface area (Å²) in [5.74, 6) is -0.317. The van der Waals surface area contributed by atoms with Crippen LogP contribution in [0.5, 0.6) is 0 Å². The maximum absolute atomic E-state index is 12.8. The summed E-state index contributed by atoms with van der Waals surface area (Å²) in [6, 6.07) is 12.3. The molecule has 6 nitrogen and oxygen atoms in total. The third kappa shape index (κ3) is 4.52. The van der Waals surface area contributed by atoms with E-state index in [-0.39, 0.29) is 23.7 Å². The van der Waals surface area contributed by atoms with Crippen LogP contribution in [-0.4, -0.2) is 37.8 Å². The predicted octanol–water partition coefficient (Wildman–Crippen LogP) is 1.58. The summed E-state index contributed by atoms with van der Waals surface area (Å²) in [4.78, 5) is 25.9. The molecule has 2 aromatic rings. The van der Waals surface area contributed by atoms with Gasteiger partial charge in [0.25, 0.3) is 11.5 Å². The molecule has 2 rings (SSSR count). The van der Waals surface area contributed by atoms with E-state index in [1.807, 2.05) is 37.3 Å². The van der Waals surface area contributed by atoms with Gasteiger partial charge < -0.3 is 10.0 Å². The van der Waals surface area contributed by atoms with Crippen LogP contribution >= 0.6 is 0 Å². The first-order valence-corrected chi connectivity index (χ1v) is 7.92. The molecule has 1 amide bonds. The van der Waals surface area contributed by atoms with Crippen LogP contribution in [0, 0.1) is 0 Å². The highest BCUT2D eigenvalue weighted by atomic mass is 16.3. The van der Waals surface area contributed by atoms with Crippen LogP contribution in [0.3, 0.4) is 0 Å². The third-order valence-corrected chi connectivity index (χ3v) is 3.98. The number of carbonyl (C=O) groups is 1. The Hall–Kier alpha value is -2.47. The maximum atomic E-state index is 12.8. The molecule has 0 bridgehead atoms. The smallest absolute Gasteiger partial charge is 0.274 e. The van der Waals surface area contributed by atoms with Crippen molar-refractivity contribution in [3.63, 3.8) is 0 Å². The van der Waals surface area contributed by atoms with E-state index in [0.717, 1.165) is 10.2 Å². The molecule has 1 heterocycles. The predicted molar refractivity (Wildman–Crippen MR) is 91.6 cm³/mol. The lowest BCUT2D eigenvalue weighted by molar-refractivity contribution is 0.0132. The number of aryl methyl sites for hydroxylation is 1. The monoisotopic (exact) mass is 329 g/mol. The molecule has 24 heavy (non-hydrogen) atoms. The second-order valence-corrected chi connectivity index (χ2v) is 6.18. The summed E-state index contributed by atoms with van der Waals surface area (Å²) in [6.07, 6.45) is 0.520. The van der Waals surface area contributed by atoms with Crippen molar-refractivity contribution < 1.29 is 9.90 Å².